The van der Waals surface area contributed by atoms with Crippen molar-refractivity contribution < 1.29 is 0 Å². The van der Waals surface area contributed by atoms with Crippen molar-refractivity contribution >= 4 is 0 Å². The molecule has 0 atom stereocenters. The molecule has 0 unspecified atom stereocenters. The predicted octanol–water partition coefficient (Wildman–Crippen LogP) is 2.61. The molecular formula is C16H18N6. The van der Waals surface area contributed by atoms with Crippen LogP contribution < -0.4 is 0 Å². The molecule has 6 nitrogen and oxygen atoms in total. The lowest BCUT2D eigenvalue weighted by Gasteiger charge is -2.04. The Kier molecular flexibility index (Phi) is 3.66. The van der Waals surface area contributed by atoms with Crippen LogP contribution in [0.5, 0.6) is 0 Å². The van der Waals surface area contributed by atoms with E-state index < -0.39 is 0 Å². The van der Waals surface area contributed by atoms with Gasteiger partial charge in [0.2, 0.25) is 0 Å². The first-order valence-electron chi connectivity index (χ1n) is 7.26. The van der Waals surface area contributed by atoms with E-state index in [0.29, 0.717) is 0 Å². The molecule has 0 saturated carbocycles. The molecule has 0 bridgehead atoms. The number of rotatable bonds is 3. The number of hydrogen-bond donors (Lipinski definition) is 0. The van der Waals surface area contributed by atoms with Crippen LogP contribution in [0, 0.1) is 20.8 Å². The third kappa shape index (κ3) is 2.59. The fourth-order valence-corrected chi connectivity index (χ4v) is 2.31. The molecule has 112 valence electrons. The molecule has 0 N–H and O–H groups in total. The first-order valence-corrected chi connectivity index (χ1v) is 7.26. The van der Waals surface area contributed by atoms with Crippen LogP contribution in [-0.4, -0.2) is 29.7 Å². The Balaban J connectivity index is 2.12. The number of hydrogen-bond acceptors (Lipinski definition) is 5. The van der Waals surface area contributed by atoms with Crippen LogP contribution >= 0.6 is 0 Å². The third-order valence-electron chi connectivity index (χ3n) is 3.50. The van der Waals surface area contributed by atoms with E-state index in [1.807, 2.05) is 37.8 Å². The van der Waals surface area contributed by atoms with Crippen molar-refractivity contribution in [3.63, 3.8) is 0 Å². The summed E-state index contributed by atoms with van der Waals surface area (Å²) in [5, 5.41) is 4.65. The van der Waals surface area contributed by atoms with Crippen molar-refractivity contribution in [2.75, 3.05) is 0 Å². The second-order valence-electron chi connectivity index (χ2n) is 5.22. The predicted molar refractivity (Wildman–Crippen MR) is 83.8 cm³/mol. The lowest BCUT2D eigenvalue weighted by Crippen LogP contribution is -1.98. The molecule has 3 aromatic rings. The van der Waals surface area contributed by atoms with Crippen LogP contribution in [-0.2, 0) is 6.42 Å². The van der Waals surface area contributed by atoms with Gasteiger partial charge in [0.25, 0.3) is 0 Å². The monoisotopic (exact) mass is 294 g/mol. The van der Waals surface area contributed by atoms with Crippen molar-refractivity contribution in [2.24, 2.45) is 0 Å². The minimum Gasteiger partial charge on any atom is -0.241 e. The van der Waals surface area contributed by atoms with Gasteiger partial charge in [-0.25, -0.2) is 24.6 Å². The Morgan fingerprint density at radius 3 is 2.32 bits per heavy atom. The minimum atomic E-state index is 0.745. The summed E-state index contributed by atoms with van der Waals surface area (Å²) in [4.78, 5) is 17.3. The van der Waals surface area contributed by atoms with Crippen molar-refractivity contribution in [1.29, 1.82) is 0 Å². The van der Waals surface area contributed by atoms with E-state index in [2.05, 4.69) is 32.0 Å². The smallest absolute Gasteiger partial charge is 0.125 e. The second kappa shape index (κ2) is 5.63. The van der Waals surface area contributed by atoms with Gasteiger partial charge in [-0.15, -0.1) is 0 Å². The molecule has 0 aliphatic carbocycles. The van der Waals surface area contributed by atoms with Crippen molar-refractivity contribution in [2.45, 2.75) is 34.1 Å². The largest absolute Gasteiger partial charge is 0.241 e. The Labute approximate surface area is 129 Å². The average Bonchev–Trinajstić information content (AvgIpc) is 2.94. The van der Waals surface area contributed by atoms with Crippen molar-refractivity contribution in [3.8, 4) is 16.9 Å². The molecule has 0 spiro atoms. The van der Waals surface area contributed by atoms with Crippen LogP contribution in [0.3, 0.4) is 0 Å². The van der Waals surface area contributed by atoms with Gasteiger partial charge >= 0.3 is 0 Å². The summed E-state index contributed by atoms with van der Waals surface area (Å²) in [5.41, 5.74) is 4.85. The Morgan fingerprint density at radius 2 is 1.64 bits per heavy atom. The Bertz CT molecular complexity index is 804. The molecule has 3 rings (SSSR count). The van der Waals surface area contributed by atoms with Gasteiger partial charge in [-0.1, -0.05) is 6.92 Å². The van der Waals surface area contributed by atoms with Gasteiger partial charge in [0, 0.05) is 18.0 Å². The summed E-state index contributed by atoms with van der Waals surface area (Å²) < 4.78 is 1.81. The molecule has 0 fully saturated rings. The fourth-order valence-electron chi connectivity index (χ4n) is 2.31. The summed E-state index contributed by atoms with van der Waals surface area (Å²) in [7, 11) is 0. The summed E-state index contributed by atoms with van der Waals surface area (Å²) in [6.45, 7) is 7.86. The quantitative estimate of drug-likeness (QED) is 0.742. The molecule has 0 aliphatic heterocycles. The fraction of sp³-hybridized carbons (Fsp3) is 0.312. The number of aromatic nitrogens is 6. The number of nitrogens with zero attached hydrogens (tertiary/aromatic N) is 6. The minimum absolute atomic E-state index is 0.745. The van der Waals surface area contributed by atoms with Gasteiger partial charge in [-0.05, 0) is 32.8 Å². The molecule has 0 saturated heterocycles. The van der Waals surface area contributed by atoms with E-state index in [-0.39, 0.29) is 0 Å². The van der Waals surface area contributed by atoms with Gasteiger partial charge in [-0.2, -0.15) is 5.10 Å². The van der Waals surface area contributed by atoms with E-state index in [0.717, 1.165) is 46.3 Å². The highest BCUT2D eigenvalue weighted by molar-refractivity contribution is 5.65. The van der Waals surface area contributed by atoms with Crippen molar-refractivity contribution in [1.82, 2.24) is 29.7 Å². The normalized spacial score (nSPS) is 10.9. The molecule has 0 amide bonds. The molecule has 0 aliphatic rings. The summed E-state index contributed by atoms with van der Waals surface area (Å²) in [5.74, 6) is 1.50. The SMILES string of the molecule is CCc1nn(-c2cnc(C)nc2)cc1-c1nc(C)ncc1C. The van der Waals surface area contributed by atoms with Gasteiger partial charge in [0.15, 0.2) is 0 Å². The standard InChI is InChI=1S/C16H18N6/c1-5-15-14(16-10(2)6-17-12(4)20-16)9-22(21-15)13-7-18-11(3)19-8-13/h6-9H,5H2,1-4H3. The van der Waals surface area contributed by atoms with E-state index in [1.165, 1.54) is 0 Å². The highest BCUT2D eigenvalue weighted by atomic mass is 15.3. The maximum absolute atomic E-state index is 4.65. The first-order chi connectivity index (χ1) is 10.6. The average molecular weight is 294 g/mol. The van der Waals surface area contributed by atoms with Crippen LogP contribution in [0.2, 0.25) is 0 Å². The molecule has 0 radical (unpaired) electrons. The van der Waals surface area contributed by atoms with Crippen LogP contribution in [0.1, 0.15) is 29.8 Å². The Morgan fingerprint density at radius 1 is 0.955 bits per heavy atom. The topological polar surface area (TPSA) is 69.4 Å². The maximum Gasteiger partial charge on any atom is 0.125 e. The molecule has 3 heterocycles. The highest BCUT2D eigenvalue weighted by Crippen LogP contribution is 2.25. The van der Waals surface area contributed by atoms with Gasteiger partial charge in [0.05, 0.1) is 23.8 Å². The third-order valence-corrected chi connectivity index (χ3v) is 3.50. The van der Waals surface area contributed by atoms with E-state index in [4.69, 9.17) is 0 Å². The molecule has 22 heavy (non-hydrogen) atoms. The molecule has 3 aromatic heterocycles. The highest BCUT2D eigenvalue weighted by Gasteiger charge is 2.14. The van der Waals surface area contributed by atoms with E-state index in [9.17, 15) is 0 Å². The van der Waals surface area contributed by atoms with Gasteiger partial charge < -0.3 is 0 Å². The van der Waals surface area contributed by atoms with E-state index in [1.54, 1.807) is 12.4 Å². The maximum atomic E-state index is 4.65. The second-order valence-corrected chi connectivity index (χ2v) is 5.22. The van der Waals surface area contributed by atoms with Crippen molar-refractivity contribution in [3.05, 3.63) is 47.7 Å². The van der Waals surface area contributed by atoms with Crippen LogP contribution in [0.15, 0.2) is 24.8 Å². The van der Waals surface area contributed by atoms with Crippen LogP contribution in [0.4, 0.5) is 0 Å². The summed E-state index contributed by atoms with van der Waals surface area (Å²) in [6.07, 6.45) is 8.22. The molecular weight excluding hydrogens is 276 g/mol. The summed E-state index contributed by atoms with van der Waals surface area (Å²) >= 11 is 0. The first kappa shape index (κ1) is 14.3. The summed E-state index contributed by atoms with van der Waals surface area (Å²) in [6, 6.07) is 0. The zero-order valence-electron chi connectivity index (χ0n) is 13.2. The lowest BCUT2D eigenvalue weighted by molar-refractivity contribution is 0.825. The zero-order valence-corrected chi connectivity index (χ0v) is 13.2. The van der Waals surface area contributed by atoms with Gasteiger partial charge in [0.1, 0.15) is 17.3 Å². The zero-order chi connectivity index (χ0) is 15.7. The van der Waals surface area contributed by atoms with E-state index >= 15 is 0 Å². The number of aryl methyl sites for hydroxylation is 4. The lowest BCUT2D eigenvalue weighted by atomic mass is 10.1. The van der Waals surface area contributed by atoms with Gasteiger partial charge in [-0.3, -0.25) is 0 Å². The molecule has 6 heteroatoms. The Hall–Kier alpha value is -2.63. The molecule has 0 aromatic carbocycles. The van der Waals surface area contributed by atoms with Crippen LogP contribution in [0.25, 0.3) is 16.9 Å².